The second-order valence-electron chi connectivity index (χ2n) is 6.07. The number of hydrogen-bond acceptors (Lipinski definition) is 4. The molecule has 124 valence electrons. The summed E-state index contributed by atoms with van der Waals surface area (Å²) in [4.78, 5) is 24.2. The van der Waals surface area contributed by atoms with Crippen molar-refractivity contribution in [3.8, 4) is 6.07 Å². The fraction of sp³-hybridized carbons (Fsp3) is 0.211. The lowest BCUT2D eigenvalue weighted by atomic mass is 10.2. The summed E-state index contributed by atoms with van der Waals surface area (Å²) < 4.78 is 0. The summed E-state index contributed by atoms with van der Waals surface area (Å²) in [6.45, 7) is 2.75. The van der Waals surface area contributed by atoms with E-state index in [0.717, 1.165) is 29.8 Å². The van der Waals surface area contributed by atoms with Gasteiger partial charge in [-0.05, 0) is 24.3 Å². The number of nitrogens with zero attached hydrogens (tertiary/aromatic N) is 4. The molecule has 6 heteroatoms. The Morgan fingerprint density at radius 2 is 1.92 bits per heavy atom. The minimum absolute atomic E-state index is 0.0311. The van der Waals surface area contributed by atoms with Crippen molar-refractivity contribution in [3.05, 3.63) is 59.9 Å². The van der Waals surface area contributed by atoms with Gasteiger partial charge in [-0.15, -0.1) is 0 Å². The maximum absolute atomic E-state index is 12.7. The molecular weight excluding hydrogens is 314 g/mol. The number of carbonyl (C=O) groups excluding carboxylic acids is 1. The van der Waals surface area contributed by atoms with Crippen molar-refractivity contribution < 1.29 is 4.79 Å². The van der Waals surface area contributed by atoms with Crippen LogP contribution < -0.4 is 4.90 Å². The van der Waals surface area contributed by atoms with E-state index in [9.17, 15) is 4.79 Å². The summed E-state index contributed by atoms with van der Waals surface area (Å²) in [7, 11) is 0. The monoisotopic (exact) mass is 331 g/mol. The molecule has 0 radical (unpaired) electrons. The number of H-pyrrole nitrogens is 1. The van der Waals surface area contributed by atoms with Gasteiger partial charge in [0.25, 0.3) is 5.91 Å². The number of anilines is 1. The molecule has 1 amide bonds. The molecule has 1 aliphatic heterocycles. The average molecular weight is 331 g/mol. The third-order valence-electron chi connectivity index (χ3n) is 4.53. The number of piperazine rings is 1. The highest BCUT2D eigenvalue weighted by Gasteiger charge is 2.23. The quantitative estimate of drug-likeness (QED) is 0.782. The lowest BCUT2D eigenvalue weighted by Gasteiger charge is -2.35. The van der Waals surface area contributed by atoms with Crippen molar-refractivity contribution >= 4 is 22.6 Å². The Bertz CT molecular complexity index is 913. The van der Waals surface area contributed by atoms with Crippen molar-refractivity contribution in [2.24, 2.45) is 0 Å². The molecule has 1 aliphatic rings. The Balaban J connectivity index is 1.44. The first-order valence-corrected chi connectivity index (χ1v) is 8.23. The second kappa shape index (κ2) is 6.29. The Hall–Kier alpha value is -3.33. The van der Waals surface area contributed by atoms with E-state index in [1.165, 1.54) is 0 Å². The predicted octanol–water partition coefficient (Wildman–Crippen LogP) is 2.40. The summed E-state index contributed by atoms with van der Waals surface area (Å²) in [6, 6.07) is 15.5. The largest absolute Gasteiger partial charge is 0.353 e. The first-order chi connectivity index (χ1) is 12.2. The first-order valence-electron chi connectivity index (χ1n) is 8.23. The van der Waals surface area contributed by atoms with Crippen molar-refractivity contribution in [1.29, 1.82) is 5.26 Å². The van der Waals surface area contributed by atoms with Crippen LogP contribution in [0.3, 0.4) is 0 Å². The molecule has 1 aromatic carbocycles. The molecule has 0 saturated carbocycles. The van der Waals surface area contributed by atoms with E-state index >= 15 is 0 Å². The molecule has 2 aromatic heterocycles. The normalized spacial score (nSPS) is 14.5. The lowest BCUT2D eigenvalue weighted by Crippen LogP contribution is -2.49. The van der Waals surface area contributed by atoms with Gasteiger partial charge in [0.2, 0.25) is 0 Å². The number of amides is 1. The smallest absolute Gasteiger partial charge is 0.270 e. The average Bonchev–Trinajstić information content (AvgIpc) is 3.12. The summed E-state index contributed by atoms with van der Waals surface area (Å²) in [5.41, 5.74) is 2.16. The summed E-state index contributed by atoms with van der Waals surface area (Å²) >= 11 is 0. The molecule has 0 bridgehead atoms. The van der Waals surface area contributed by atoms with Crippen LogP contribution in [-0.2, 0) is 0 Å². The molecule has 3 aromatic rings. The van der Waals surface area contributed by atoms with Gasteiger partial charge in [0, 0.05) is 43.3 Å². The molecule has 1 fully saturated rings. The van der Waals surface area contributed by atoms with Crippen LogP contribution in [0.15, 0.2) is 48.7 Å². The number of fused-ring (bicyclic) bond motifs is 1. The van der Waals surface area contributed by atoms with Crippen molar-refractivity contribution in [1.82, 2.24) is 14.9 Å². The third kappa shape index (κ3) is 2.92. The molecule has 0 unspecified atom stereocenters. The van der Waals surface area contributed by atoms with Crippen LogP contribution >= 0.6 is 0 Å². The molecule has 0 aliphatic carbocycles. The predicted molar refractivity (Wildman–Crippen MR) is 95.4 cm³/mol. The molecule has 1 saturated heterocycles. The number of nitrogens with one attached hydrogen (secondary N) is 1. The van der Waals surface area contributed by atoms with Gasteiger partial charge in [-0.1, -0.05) is 18.2 Å². The van der Waals surface area contributed by atoms with Gasteiger partial charge in [0.05, 0.1) is 5.56 Å². The fourth-order valence-electron chi connectivity index (χ4n) is 3.14. The van der Waals surface area contributed by atoms with Crippen molar-refractivity contribution in [3.63, 3.8) is 0 Å². The number of pyridine rings is 1. The van der Waals surface area contributed by atoms with E-state index in [-0.39, 0.29) is 5.91 Å². The van der Waals surface area contributed by atoms with Crippen LogP contribution in [0.1, 0.15) is 16.1 Å². The van der Waals surface area contributed by atoms with Crippen LogP contribution in [0.5, 0.6) is 0 Å². The second-order valence-corrected chi connectivity index (χ2v) is 6.07. The zero-order valence-corrected chi connectivity index (χ0v) is 13.6. The van der Waals surface area contributed by atoms with E-state index in [4.69, 9.17) is 5.26 Å². The number of aromatic nitrogens is 2. The Labute approximate surface area is 145 Å². The molecule has 0 spiro atoms. The van der Waals surface area contributed by atoms with Crippen molar-refractivity contribution in [2.45, 2.75) is 0 Å². The van der Waals surface area contributed by atoms with E-state index in [0.29, 0.717) is 24.3 Å². The summed E-state index contributed by atoms with van der Waals surface area (Å²) in [5, 5.41) is 9.89. The molecule has 6 nitrogen and oxygen atoms in total. The van der Waals surface area contributed by atoms with Gasteiger partial charge in [-0.2, -0.15) is 5.26 Å². The Kier molecular flexibility index (Phi) is 3.82. The van der Waals surface area contributed by atoms with E-state index in [1.807, 2.05) is 41.3 Å². The Morgan fingerprint density at radius 1 is 1.12 bits per heavy atom. The number of para-hydroxylation sites is 1. The number of carbonyl (C=O) groups is 1. The van der Waals surface area contributed by atoms with Crippen LogP contribution in [0.4, 0.5) is 5.82 Å². The van der Waals surface area contributed by atoms with Gasteiger partial charge in [-0.3, -0.25) is 4.79 Å². The van der Waals surface area contributed by atoms with Crippen molar-refractivity contribution in [2.75, 3.05) is 31.1 Å². The van der Waals surface area contributed by atoms with E-state index < -0.39 is 0 Å². The minimum atomic E-state index is 0.0311. The number of aromatic amines is 1. The SMILES string of the molecule is N#Cc1ccc(N2CCN(C(=O)c3cc4ccccc4[nH]3)CC2)nc1. The zero-order valence-electron chi connectivity index (χ0n) is 13.6. The summed E-state index contributed by atoms with van der Waals surface area (Å²) in [5.74, 6) is 0.875. The number of hydrogen-bond donors (Lipinski definition) is 1. The fourth-order valence-corrected chi connectivity index (χ4v) is 3.14. The molecule has 4 rings (SSSR count). The van der Waals surface area contributed by atoms with Crippen LogP contribution in [0.2, 0.25) is 0 Å². The molecular formula is C19H17N5O. The summed E-state index contributed by atoms with van der Waals surface area (Å²) in [6.07, 6.45) is 1.58. The minimum Gasteiger partial charge on any atom is -0.353 e. The standard InChI is InChI=1S/C19H17N5O/c20-12-14-5-6-18(21-13-14)23-7-9-24(10-8-23)19(25)17-11-15-3-1-2-4-16(15)22-17/h1-6,11,13,22H,7-10H2. The first kappa shape index (κ1) is 15.2. The maximum Gasteiger partial charge on any atom is 0.270 e. The highest BCUT2D eigenvalue weighted by molar-refractivity contribution is 5.98. The number of rotatable bonds is 2. The number of nitriles is 1. The topological polar surface area (TPSA) is 76.0 Å². The van der Waals surface area contributed by atoms with Gasteiger partial charge < -0.3 is 14.8 Å². The van der Waals surface area contributed by atoms with E-state index in [2.05, 4.69) is 20.9 Å². The Morgan fingerprint density at radius 3 is 2.60 bits per heavy atom. The highest BCUT2D eigenvalue weighted by atomic mass is 16.2. The highest BCUT2D eigenvalue weighted by Crippen LogP contribution is 2.18. The van der Waals surface area contributed by atoms with Gasteiger partial charge >= 0.3 is 0 Å². The van der Waals surface area contributed by atoms with Crippen LogP contribution in [-0.4, -0.2) is 47.0 Å². The zero-order chi connectivity index (χ0) is 17.2. The van der Waals surface area contributed by atoms with Gasteiger partial charge in [0.15, 0.2) is 0 Å². The van der Waals surface area contributed by atoms with Gasteiger partial charge in [-0.25, -0.2) is 4.98 Å². The van der Waals surface area contributed by atoms with E-state index in [1.54, 1.807) is 12.3 Å². The maximum atomic E-state index is 12.7. The molecule has 0 atom stereocenters. The van der Waals surface area contributed by atoms with Crippen LogP contribution in [0, 0.1) is 11.3 Å². The van der Waals surface area contributed by atoms with Crippen LogP contribution in [0.25, 0.3) is 10.9 Å². The molecule has 1 N–H and O–H groups in total. The molecule has 3 heterocycles. The lowest BCUT2D eigenvalue weighted by molar-refractivity contribution is 0.0741. The molecule has 25 heavy (non-hydrogen) atoms. The number of benzene rings is 1. The van der Waals surface area contributed by atoms with Gasteiger partial charge in [0.1, 0.15) is 17.6 Å². The third-order valence-corrected chi connectivity index (χ3v) is 4.53.